The maximum absolute atomic E-state index is 13.1. The summed E-state index contributed by atoms with van der Waals surface area (Å²) in [5, 5.41) is 0.681. The van der Waals surface area contributed by atoms with E-state index in [1.807, 2.05) is 13.0 Å². The largest absolute Gasteiger partial charge is 0.495 e. The fraction of sp³-hybridized carbons (Fsp3) is 0.280. The first-order valence-electron chi connectivity index (χ1n) is 10.9. The zero-order valence-corrected chi connectivity index (χ0v) is 20.2. The Labute approximate surface area is 202 Å². The SMILES string of the molecule is COc1ccc(C=CC(=O)OCc2cc(=O)oc3cc(C)ccc23)cc1S(=O)(=O)N1CCOCC1. The van der Waals surface area contributed by atoms with Gasteiger partial charge in [-0.2, -0.15) is 4.31 Å². The normalized spacial score (nSPS) is 14.9. The molecule has 10 heteroatoms. The molecule has 0 N–H and O–H groups in total. The van der Waals surface area contributed by atoms with E-state index < -0.39 is 21.6 Å². The molecule has 9 nitrogen and oxygen atoms in total. The highest BCUT2D eigenvalue weighted by atomic mass is 32.2. The van der Waals surface area contributed by atoms with Crippen LogP contribution in [-0.4, -0.2) is 52.1 Å². The van der Waals surface area contributed by atoms with Gasteiger partial charge >= 0.3 is 11.6 Å². The van der Waals surface area contributed by atoms with Crippen molar-refractivity contribution in [2.24, 2.45) is 0 Å². The van der Waals surface area contributed by atoms with Crippen LogP contribution in [0.15, 0.2) is 62.6 Å². The summed E-state index contributed by atoms with van der Waals surface area (Å²) in [6.07, 6.45) is 2.66. The van der Waals surface area contributed by atoms with Crippen LogP contribution in [0.3, 0.4) is 0 Å². The number of benzene rings is 2. The molecule has 0 atom stereocenters. The Balaban J connectivity index is 1.50. The number of ether oxygens (including phenoxy) is 3. The topological polar surface area (TPSA) is 112 Å². The van der Waals surface area contributed by atoms with Gasteiger partial charge in [0.1, 0.15) is 22.8 Å². The van der Waals surface area contributed by atoms with E-state index in [-0.39, 0.29) is 30.3 Å². The monoisotopic (exact) mass is 499 g/mol. The molecule has 4 rings (SSSR count). The smallest absolute Gasteiger partial charge is 0.336 e. The highest BCUT2D eigenvalue weighted by Crippen LogP contribution is 2.29. The van der Waals surface area contributed by atoms with Crippen molar-refractivity contribution in [3.05, 3.63) is 75.7 Å². The molecule has 1 aliphatic rings. The third-order valence-corrected chi connectivity index (χ3v) is 7.46. The molecular weight excluding hydrogens is 474 g/mol. The summed E-state index contributed by atoms with van der Waals surface area (Å²) in [5.74, 6) is -0.437. The van der Waals surface area contributed by atoms with Crippen LogP contribution in [-0.2, 0) is 30.9 Å². The fourth-order valence-corrected chi connectivity index (χ4v) is 5.34. The first-order valence-corrected chi connectivity index (χ1v) is 12.4. The minimum atomic E-state index is -3.80. The minimum Gasteiger partial charge on any atom is -0.495 e. The molecule has 2 aromatic carbocycles. The summed E-state index contributed by atoms with van der Waals surface area (Å²) in [7, 11) is -2.40. The summed E-state index contributed by atoms with van der Waals surface area (Å²) in [6.45, 7) is 2.92. The molecule has 1 aliphatic heterocycles. The minimum absolute atomic E-state index is 0.00944. The van der Waals surface area contributed by atoms with Gasteiger partial charge in [-0.05, 0) is 42.3 Å². The molecule has 1 saturated heterocycles. The van der Waals surface area contributed by atoms with Crippen molar-refractivity contribution in [2.45, 2.75) is 18.4 Å². The van der Waals surface area contributed by atoms with Crippen molar-refractivity contribution >= 4 is 33.0 Å². The molecule has 1 fully saturated rings. The average molecular weight is 500 g/mol. The average Bonchev–Trinajstić information content (AvgIpc) is 2.86. The Morgan fingerprint density at radius 3 is 2.63 bits per heavy atom. The van der Waals surface area contributed by atoms with Crippen LogP contribution in [0.1, 0.15) is 16.7 Å². The Kier molecular flexibility index (Phi) is 7.34. The second-order valence-electron chi connectivity index (χ2n) is 7.96. The molecule has 35 heavy (non-hydrogen) atoms. The highest BCUT2D eigenvalue weighted by Gasteiger charge is 2.29. The van der Waals surface area contributed by atoms with Gasteiger partial charge in [-0.1, -0.05) is 18.2 Å². The summed E-state index contributed by atoms with van der Waals surface area (Å²) in [6, 6.07) is 11.3. The van der Waals surface area contributed by atoms with Crippen molar-refractivity contribution in [1.82, 2.24) is 4.31 Å². The van der Waals surface area contributed by atoms with Crippen molar-refractivity contribution in [2.75, 3.05) is 33.4 Å². The Bertz CT molecular complexity index is 1440. The maximum atomic E-state index is 13.1. The number of morpholine rings is 1. The summed E-state index contributed by atoms with van der Waals surface area (Å²) in [4.78, 5) is 24.2. The number of methoxy groups -OCH3 is 1. The number of fused-ring (bicyclic) bond motifs is 1. The van der Waals surface area contributed by atoms with Gasteiger partial charge in [0, 0.05) is 36.2 Å². The van der Waals surface area contributed by atoms with E-state index in [1.165, 1.54) is 41.8 Å². The predicted octanol–water partition coefficient (Wildman–Crippen LogP) is 2.89. The van der Waals surface area contributed by atoms with Crippen LogP contribution in [0.4, 0.5) is 0 Å². The summed E-state index contributed by atoms with van der Waals surface area (Å²) in [5.41, 5.74) is 1.84. The summed E-state index contributed by atoms with van der Waals surface area (Å²) >= 11 is 0. The molecule has 3 aromatic rings. The van der Waals surface area contributed by atoms with Gasteiger partial charge in [0.25, 0.3) is 0 Å². The van der Waals surface area contributed by atoms with Gasteiger partial charge in [0.05, 0.1) is 20.3 Å². The standard InChI is InChI=1S/C25H25NO8S/c1-17-3-6-20-19(15-25(28)34-22(20)13-17)16-33-24(27)8-5-18-4-7-21(31-2)23(14-18)35(29,30)26-9-11-32-12-10-26/h3-8,13-15H,9-12,16H2,1-2H3. The van der Waals surface area contributed by atoms with Crippen molar-refractivity contribution in [3.63, 3.8) is 0 Å². The van der Waals surface area contributed by atoms with E-state index in [0.717, 1.165) is 5.56 Å². The van der Waals surface area contributed by atoms with E-state index in [4.69, 9.17) is 18.6 Å². The third kappa shape index (κ3) is 5.61. The number of rotatable bonds is 7. The van der Waals surface area contributed by atoms with Gasteiger partial charge in [-0.25, -0.2) is 18.0 Å². The van der Waals surface area contributed by atoms with Crippen LogP contribution in [0.25, 0.3) is 17.0 Å². The molecule has 0 saturated carbocycles. The molecule has 0 amide bonds. The van der Waals surface area contributed by atoms with E-state index in [0.29, 0.717) is 35.3 Å². The Morgan fingerprint density at radius 2 is 1.89 bits per heavy atom. The lowest BCUT2D eigenvalue weighted by atomic mass is 10.1. The van der Waals surface area contributed by atoms with Gasteiger partial charge < -0.3 is 18.6 Å². The second-order valence-corrected chi connectivity index (χ2v) is 9.86. The number of carbonyl (C=O) groups excluding carboxylic acids is 1. The van der Waals surface area contributed by atoms with Crippen molar-refractivity contribution in [1.29, 1.82) is 0 Å². The van der Waals surface area contributed by atoms with Gasteiger partial charge in [0.2, 0.25) is 10.0 Å². The number of carbonyl (C=O) groups is 1. The molecule has 184 valence electrons. The Morgan fingerprint density at radius 1 is 1.11 bits per heavy atom. The van der Waals surface area contributed by atoms with Gasteiger partial charge in [0.15, 0.2) is 0 Å². The molecule has 0 radical (unpaired) electrons. The lowest BCUT2D eigenvalue weighted by molar-refractivity contribution is -0.138. The molecular formula is C25H25NO8S. The number of hydrogen-bond donors (Lipinski definition) is 0. The quantitative estimate of drug-likeness (QED) is 0.277. The van der Waals surface area contributed by atoms with E-state index in [1.54, 1.807) is 18.2 Å². The van der Waals surface area contributed by atoms with Crippen LogP contribution < -0.4 is 10.4 Å². The summed E-state index contributed by atoms with van der Waals surface area (Å²) < 4.78 is 48.6. The first kappa shape index (κ1) is 24.6. The predicted molar refractivity (Wildman–Crippen MR) is 129 cm³/mol. The van der Waals surface area contributed by atoms with Crippen molar-refractivity contribution in [3.8, 4) is 5.75 Å². The lowest BCUT2D eigenvalue weighted by Crippen LogP contribution is -2.40. The lowest BCUT2D eigenvalue weighted by Gasteiger charge is -2.26. The highest BCUT2D eigenvalue weighted by molar-refractivity contribution is 7.89. The van der Waals surface area contributed by atoms with E-state index in [9.17, 15) is 18.0 Å². The van der Waals surface area contributed by atoms with Gasteiger partial charge in [-0.15, -0.1) is 0 Å². The Hall–Kier alpha value is -3.47. The molecule has 1 aromatic heterocycles. The number of nitrogens with zero attached hydrogens (tertiary/aromatic N) is 1. The van der Waals surface area contributed by atoms with Crippen LogP contribution in [0.2, 0.25) is 0 Å². The van der Waals surface area contributed by atoms with E-state index in [2.05, 4.69) is 0 Å². The van der Waals surface area contributed by atoms with Crippen molar-refractivity contribution < 1.29 is 31.8 Å². The second kappa shape index (κ2) is 10.4. The molecule has 0 unspecified atom stereocenters. The fourth-order valence-electron chi connectivity index (χ4n) is 3.74. The molecule has 2 heterocycles. The maximum Gasteiger partial charge on any atom is 0.336 e. The van der Waals surface area contributed by atoms with Crippen LogP contribution in [0, 0.1) is 6.92 Å². The molecule has 0 bridgehead atoms. The molecule has 0 spiro atoms. The third-order valence-electron chi connectivity index (χ3n) is 5.54. The number of aryl methyl sites for hydroxylation is 1. The van der Waals surface area contributed by atoms with E-state index >= 15 is 0 Å². The number of sulfonamides is 1. The first-order chi connectivity index (χ1) is 16.8. The zero-order chi connectivity index (χ0) is 25.0. The zero-order valence-electron chi connectivity index (χ0n) is 19.4. The molecule has 0 aliphatic carbocycles. The number of hydrogen-bond acceptors (Lipinski definition) is 8. The van der Waals surface area contributed by atoms with Crippen LogP contribution in [0.5, 0.6) is 5.75 Å². The van der Waals surface area contributed by atoms with Gasteiger partial charge in [-0.3, -0.25) is 0 Å². The number of esters is 1. The van der Waals surface area contributed by atoms with Crippen LogP contribution >= 0.6 is 0 Å².